The first-order valence-electron chi connectivity index (χ1n) is 4.74. The molecule has 0 bridgehead atoms. The van der Waals surface area contributed by atoms with Gasteiger partial charge in [0.05, 0.1) is 12.8 Å². The number of nitrogens with one attached hydrogen (secondary N) is 1. The van der Waals surface area contributed by atoms with E-state index >= 15 is 0 Å². The summed E-state index contributed by atoms with van der Waals surface area (Å²) in [5.41, 5.74) is 7.84. The Morgan fingerprint density at radius 3 is 2.61 bits per heavy atom. The second kappa shape index (κ2) is 5.87. The average Bonchev–Trinajstić information content (AvgIpc) is 2.39. The molecule has 1 amide bonds. The standard InChI is InChI=1S/C11H9N5O2/c1-18-10-3-2-7(11(14)17)4-9(10)16-15-8(5-12)6-13/h2-4,16H,1H3,(H2,14,17). The van der Waals surface area contributed by atoms with Crippen LogP contribution in [0, 0.1) is 22.7 Å². The largest absolute Gasteiger partial charge is 0.495 e. The maximum atomic E-state index is 11.0. The fourth-order valence-electron chi connectivity index (χ4n) is 1.14. The van der Waals surface area contributed by atoms with E-state index in [1.807, 2.05) is 0 Å². The first kappa shape index (κ1) is 13.0. The lowest BCUT2D eigenvalue weighted by molar-refractivity contribution is 0.100. The van der Waals surface area contributed by atoms with Gasteiger partial charge in [0.2, 0.25) is 11.6 Å². The highest BCUT2D eigenvalue weighted by Gasteiger charge is 2.07. The van der Waals surface area contributed by atoms with Gasteiger partial charge in [-0.15, -0.1) is 0 Å². The molecule has 7 heteroatoms. The summed E-state index contributed by atoms with van der Waals surface area (Å²) < 4.78 is 5.03. The van der Waals surface area contributed by atoms with Crippen molar-refractivity contribution < 1.29 is 9.53 Å². The van der Waals surface area contributed by atoms with Gasteiger partial charge in [0.1, 0.15) is 17.9 Å². The van der Waals surface area contributed by atoms with E-state index in [1.54, 1.807) is 12.1 Å². The lowest BCUT2D eigenvalue weighted by Gasteiger charge is -2.08. The zero-order valence-corrected chi connectivity index (χ0v) is 9.47. The number of hydrogen-bond donors (Lipinski definition) is 2. The highest BCUT2D eigenvalue weighted by atomic mass is 16.5. The summed E-state index contributed by atoms with van der Waals surface area (Å²) >= 11 is 0. The zero-order chi connectivity index (χ0) is 13.5. The van der Waals surface area contributed by atoms with Crippen LogP contribution >= 0.6 is 0 Å². The first-order chi connectivity index (χ1) is 8.62. The molecule has 0 saturated heterocycles. The predicted molar refractivity (Wildman–Crippen MR) is 63.8 cm³/mol. The third-order valence-corrected chi connectivity index (χ3v) is 1.98. The quantitative estimate of drug-likeness (QED) is 0.592. The topological polar surface area (TPSA) is 124 Å². The van der Waals surface area contributed by atoms with Crippen LogP contribution in [-0.2, 0) is 0 Å². The van der Waals surface area contributed by atoms with Gasteiger partial charge in [-0.05, 0) is 18.2 Å². The van der Waals surface area contributed by atoms with Crippen LogP contribution in [0.4, 0.5) is 5.69 Å². The van der Waals surface area contributed by atoms with Crippen molar-refractivity contribution in [2.75, 3.05) is 12.5 Å². The van der Waals surface area contributed by atoms with Crippen molar-refractivity contribution >= 4 is 17.3 Å². The van der Waals surface area contributed by atoms with E-state index in [1.165, 1.54) is 25.3 Å². The maximum absolute atomic E-state index is 11.0. The van der Waals surface area contributed by atoms with Gasteiger partial charge in [-0.3, -0.25) is 10.2 Å². The highest BCUT2D eigenvalue weighted by molar-refractivity contribution is 6.10. The molecule has 7 nitrogen and oxygen atoms in total. The summed E-state index contributed by atoms with van der Waals surface area (Å²) in [5, 5.41) is 20.6. The van der Waals surface area contributed by atoms with Crippen LogP contribution in [0.5, 0.6) is 5.75 Å². The van der Waals surface area contributed by atoms with E-state index in [-0.39, 0.29) is 11.3 Å². The normalized spacial score (nSPS) is 8.61. The third-order valence-electron chi connectivity index (χ3n) is 1.98. The molecule has 0 radical (unpaired) electrons. The Balaban J connectivity index is 3.11. The smallest absolute Gasteiger partial charge is 0.248 e. The van der Waals surface area contributed by atoms with Crippen LogP contribution in [0.3, 0.4) is 0 Å². The van der Waals surface area contributed by atoms with Gasteiger partial charge < -0.3 is 10.5 Å². The Labute approximate surface area is 103 Å². The summed E-state index contributed by atoms with van der Waals surface area (Å²) in [7, 11) is 1.43. The molecule has 0 fully saturated rings. The second-order valence-electron chi connectivity index (χ2n) is 3.08. The number of methoxy groups -OCH3 is 1. The molecule has 90 valence electrons. The number of amides is 1. The Hall–Kier alpha value is -3.06. The number of anilines is 1. The SMILES string of the molecule is COc1ccc(C(N)=O)cc1NN=C(C#N)C#N. The van der Waals surface area contributed by atoms with Crippen molar-refractivity contribution in [1.82, 2.24) is 0 Å². The highest BCUT2D eigenvalue weighted by Crippen LogP contribution is 2.25. The number of nitriles is 2. The molecule has 1 aromatic rings. The molecule has 0 aromatic heterocycles. The Morgan fingerprint density at radius 2 is 2.11 bits per heavy atom. The van der Waals surface area contributed by atoms with Gasteiger partial charge >= 0.3 is 0 Å². The Morgan fingerprint density at radius 1 is 1.44 bits per heavy atom. The summed E-state index contributed by atoms with van der Waals surface area (Å²) in [6.07, 6.45) is 0. The minimum atomic E-state index is -0.606. The zero-order valence-electron chi connectivity index (χ0n) is 9.47. The molecule has 0 aliphatic carbocycles. The third kappa shape index (κ3) is 2.97. The number of hydrazone groups is 1. The number of carbonyl (C=O) groups is 1. The van der Waals surface area contributed by atoms with Crippen molar-refractivity contribution in [1.29, 1.82) is 10.5 Å². The molecule has 0 unspecified atom stereocenters. The van der Waals surface area contributed by atoms with Crippen molar-refractivity contribution in [3.63, 3.8) is 0 Å². The molecule has 1 rings (SSSR count). The molecule has 3 N–H and O–H groups in total. The molecule has 0 aliphatic heterocycles. The van der Waals surface area contributed by atoms with Crippen LogP contribution in [0.25, 0.3) is 0 Å². The van der Waals surface area contributed by atoms with Gasteiger partial charge in [0.25, 0.3) is 0 Å². The maximum Gasteiger partial charge on any atom is 0.248 e. The monoisotopic (exact) mass is 243 g/mol. The molecule has 18 heavy (non-hydrogen) atoms. The molecule has 0 spiro atoms. The molecule has 0 saturated carbocycles. The molecule has 1 aromatic carbocycles. The minimum Gasteiger partial charge on any atom is -0.495 e. The molecular weight excluding hydrogens is 234 g/mol. The molecule has 0 aliphatic rings. The summed E-state index contributed by atoms with van der Waals surface area (Å²) in [6.45, 7) is 0. The number of nitrogens with zero attached hydrogens (tertiary/aromatic N) is 3. The van der Waals surface area contributed by atoms with Crippen molar-refractivity contribution in [2.45, 2.75) is 0 Å². The van der Waals surface area contributed by atoms with Crippen molar-refractivity contribution in [3.05, 3.63) is 23.8 Å². The molecular formula is C11H9N5O2. The van der Waals surface area contributed by atoms with E-state index < -0.39 is 5.91 Å². The van der Waals surface area contributed by atoms with E-state index in [2.05, 4.69) is 10.5 Å². The van der Waals surface area contributed by atoms with Gasteiger partial charge in [-0.1, -0.05) is 0 Å². The predicted octanol–water partition coefficient (Wildman–Crippen LogP) is 0.609. The van der Waals surface area contributed by atoms with Gasteiger partial charge in [-0.25, -0.2) is 0 Å². The van der Waals surface area contributed by atoms with Crippen LogP contribution in [0.1, 0.15) is 10.4 Å². The number of rotatable bonds is 4. The lowest BCUT2D eigenvalue weighted by Crippen LogP contribution is -2.11. The molecule has 0 atom stereocenters. The molecule has 0 heterocycles. The average molecular weight is 243 g/mol. The fourth-order valence-corrected chi connectivity index (χ4v) is 1.14. The fraction of sp³-hybridized carbons (Fsp3) is 0.0909. The van der Waals surface area contributed by atoms with Crippen molar-refractivity contribution in [2.24, 2.45) is 10.8 Å². The van der Waals surface area contributed by atoms with E-state index in [0.717, 1.165) is 0 Å². The second-order valence-corrected chi connectivity index (χ2v) is 3.08. The number of benzene rings is 1. The number of hydrogen-bond acceptors (Lipinski definition) is 6. The van der Waals surface area contributed by atoms with Gasteiger partial charge in [-0.2, -0.15) is 15.6 Å². The van der Waals surface area contributed by atoms with Crippen LogP contribution in [0.2, 0.25) is 0 Å². The van der Waals surface area contributed by atoms with E-state index in [0.29, 0.717) is 11.4 Å². The summed E-state index contributed by atoms with van der Waals surface area (Å²) in [6, 6.07) is 7.61. The van der Waals surface area contributed by atoms with Crippen LogP contribution in [-0.4, -0.2) is 18.7 Å². The first-order valence-corrected chi connectivity index (χ1v) is 4.74. The van der Waals surface area contributed by atoms with E-state index in [4.69, 9.17) is 21.0 Å². The number of primary amides is 1. The number of ether oxygens (including phenoxy) is 1. The number of nitrogens with two attached hydrogens (primary N) is 1. The lowest BCUT2D eigenvalue weighted by atomic mass is 10.2. The minimum absolute atomic E-state index is 0.254. The van der Waals surface area contributed by atoms with Gasteiger partial charge in [0, 0.05) is 5.56 Å². The van der Waals surface area contributed by atoms with Crippen LogP contribution < -0.4 is 15.9 Å². The summed E-state index contributed by atoms with van der Waals surface area (Å²) in [4.78, 5) is 11.0. The van der Waals surface area contributed by atoms with E-state index in [9.17, 15) is 4.79 Å². The number of carbonyl (C=O) groups excluding carboxylic acids is 1. The summed E-state index contributed by atoms with van der Waals surface area (Å²) in [5.74, 6) is -0.204. The van der Waals surface area contributed by atoms with Gasteiger partial charge in [0.15, 0.2) is 0 Å². The van der Waals surface area contributed by atoms with Crippen LogP contribution in [0.15, 0.2) is 23.3 Å². The Bertz CT molecular complexity index is 564. The van der Waals surface area contributed by atoms with Crippen molar-refractivity contribution in [3.8, 4) is 17.9 Å². The Kier molecular flexibility index (Phi) is 4.24.